The Kier molecular flexibility index (Phi) is 3.03. The minimum absolute atomic E-state index is 0.351. The Morgan fingerprint density at radius 3 is 2.93 bits per heavy atom. The fourth-order valence-electron chi connectivity index (χ4n) is 1.00. The monoisotopic (exact) mass is 225 g/mol. The zero-order valence-electron chi connectivity index (χ0n) is 7.71. The highest BCUT2D eigenvalue weighted by atomic mass is 35.5. The van der Waals surface area contributed by atoms with Gasteiger partial charge < -0.3 is 5.32 Å². The molecule has 0 atom stereocenters. The molecule has 2 aromatic rings. The molecule has 0 bridgehead atoms. The average Bonchev–Trinajstić information content (AvgIpc) is 2.74. The number of aromatic nitrogens is 6. The topological polar surface area (TPSA) is 81.4 Å². The van der Waals surface area contributed by atoms with Crippen molar-refractivity contribution in [3.05, 3.63) is 23.9 Å². The molecule has 0 spiro atoms. The molecule has 0 saturated heterocycles. The van der Waals surface area contributed by atoms with E-state index in [0.717, 1.165) is 0 Å². The molecule has 8 heteroatoms. The summed E-state index contributed by atoms with van der Waals surface area (Å²) in [6.45, 7) is 1.20. The van der Waals surface area contributed by atoms with Crippen molar-refractivity contribution in [1.29, 1.82) is 0 Å². The molecule has 1 N–H and O–H groups in total. The Hall–Kier alpha value is -1.76. The Morgan fingerprint density at radius 2 is 2.20 bits per heavy atom. The Bertz CT molecular complexity index is 415. The highest BCUT2D eigenvalue weighted by Gasteiger charge is 2.00. The summed E-state index contributed by atoms with van der Waals surface area (Å²) in [6.07, 6.45) is 4.49. The van der Waals surface area contributed by atoms with Crippen LogP contribution in [0.25, 0.3) is 0 Å². The van der Waals surface area contributed by atoms with Crippen LogP contribution in [0.15, 0.2) is 18.7 Å². The van der Waals surface area contributed by atoms with Gasteiger partial charge in [0.25, 0.3) is 0 Å². The van der Waals surface area contributed by atoms with Gasteiger partial charge in [0.1, 0.15) is 0 Å². The van der Waals surface area contributed by atoms with E-state index in [1.54, 1.807) is 6.20 Å². The molecule has 2 aromatic heterocycles. The molecule has 78 valence electrons. The molecule has 2 heterocycles. The van der Waals surface area contributed by atoms with Gasteiger partial charge in [0.2, 0.25) is 0 Å². The molecule has 0 aliphatic heterocycles. The SMILES string of the molecule is Clc1nccnc1NCCn1ncnn1. The van der Waals surface area contributed by atoms with Crippen LogP contribution >= 0.6 is 11.6 Å². The van der Waals surface area contributed by atoms with Crippen molar-refractivity contribution < 1.29 is 0 Å². The van der Waals surface area contributed by atoms with Crippen molar-refractivity contribution in [3.8, 4) is 0 Å². The molecule has 0 saturated carbocycles. The fraction of sp³-hybridized carbons (Fsp3) is 0.286. The second kappa shape index (κ2) is 4.65. The van der Waals surface area contributed by atoms with Crippen LogP contribution in [0, 0.1) is 0 Å². The zero-order chi connectivity index (χ0) is 10.5. The van der Waals surface area contributed by atoms with Gasteiger partial charge >= 0.3 is 0 Å². The third kappa shape index (κ3) is 2.59. The quantitative estimate of drug-likeness (QED) is 0.802. The van der Waals surface area contributed by atoms with Gasteiger partial charge in [0, 0.05) is 18.9 Å². The standard InChI is InChI=1S/C7H8ClN7/c8-6-7(10-2-1-9-6)11-3-4-15-13-5-12-14-15/h1-2,5H,3-4H2,(H,10,11). The van der Waals surface area contributed by atoms with Crippen molar-refractivity contribution >= 4 is 17.4 Å². The molecule has 7 nitrogen and oxygen atoms in total. The Morgan fingerprint density at radius 1 is 1.33 bits per heavy atom. The average molecular weight is 226 g/mol. The highest BCUT2D eigenvalue weighted by molar-refractivity contribution is 6.31. The number of rotatable bonds is 4. The first-order valence-electron chi connectivity index (χ1n) is 4.27. The van der Waals surface area contributed by atoms with E-state index in [1.807, 2.05) is 0 Å². The Balaban J connectivity index is 1.86. The maximum absolute atomic E-state index is 5.80. The molecule has 2 rings (SSSR count). The first kappa shape index (κ1) is 9.78. The molecule has 0 aliphatic rings. The third-order valence-corrected chi connectivity index (χ3v) is 1.93. The van der Waals surface area contributed by atoms with Crippen molar-refractivity contribution in [3.63, 3.8) is 0 Å². The maximum Gasteiger partial charge on any atom is 0.171 e. The molecule has 0 aromatic carbocycles. The summed E-state index contributed by atoms with van der Waals surface area (Å²) in [4.78, 5) is 9.38. The van der Waals surface area contributed by atoms with Crippen LogP contribution in [0.3, 0.4) is 0 Å². The third-order valence-electron chi connectivity index (χ3n) is 1.65. The van der Waals surface area contributed by atoms with Crippen molar-refractivity contribution in [2.75, 3.05) is 11.9 Å². The van der Waals surface area contributed by atoms with Crippen LogP contribution in [0.2, 0.25) is 5.15 Å². The second-order valence-corrected chi connectivity index (χ2v) is 3.01. The lowest BCUT2D eigenvalue weighted by molar-refractivity contribution is 0.538. The van der Waals surface area contributed by atoms with E-state index >= 15 is 0 Å². The van der Waals surface area contributed by atoms with Crippen LogP contribution in [0.5, 0.6) is 0 Å². The van der Waals surface area contributed by atoms with Gasteiger partial charge in [-0.25, -0.2) is 9.97 Å². The van der Waals surface area contributed by atoms with Crippen LogP contribution < -0.4 is 5.32 Å². The molecule has 0 radical (unpaired) electrons. The largest absolute Gasteiger partial charge is 0.366 e. The smallest absolute Gasteiger partial charge is 0.171 e. The van der Waals surface area contributed by atoms with E-state index in [-0.39, 0.29) is 0 Å². The Labute approximate surface area is 90.5 Å². The minimum atomic E-state index is 0.351. The van der Waals surface area contributed by atoms with Gasteiger partial charge in [-0.1, -0.05) is 11.6 Å². The van der Waals surface area contributed by atoms with Gasteiger partial charge in [-0.05, 0) is 5.21 Å². The van der Waals surface area contributed by atoms with Crippen molar-refractivity contribution in [2.45, 2.75) is 6.54 Å². The number of hydrogen-bond donors (Lipinski definition) is 1. The molecular formula is C7H8ClN7. The summed E-state index contributed by atoms with van der Waals surface area (Å²) in [5.74, 6) is 0.555. The molecule has 0 amide bonds. The summed E-state index contributed by atoms with van der Waals surface area (Å²) >= 11 is 5.80. The number of hydrogen-bond acceptors (Lipinski definition) is 6. The van der Waals surface area contributed by atoms with Gasteiger partial charge in [0.05, 0.1) is 6.54 Å². The van der Waals surface area contributed by atoms with Gasteiger partial charge in [-0.15, -0.1) is 10.2 Å². The molecule has 0 fully saturated rings. The van der Waals surface area contributed by atoms with Gasteiger partial charge in [-0.2, -0.15) is 4.80 Å². The first-order chi connectivity index (χ1) is 7.36. The van der Waals surface area contributed by atoms with E-state index in [2.05, 4.69) is 30.7 Å². The summed E-state index contributed by atoms with van der Waals surface area (Å²) in [7, 11) is 0. The number of nitrogens with one attached hydrogen (secondary N) is 1. The predicted octanol–water partition coefficient (Wildman–Crippen LogP) is 0.229. The van der Waals surface area contributed by atoms with E-state index in [0.29, 0.717) is 24.1 Å². The van der Waals surface area contributed by atoms with Crippen LogP contribution in [-0.4, -0.2) is 36.7 Å². The lowest BCUT2D eigenvalue weighted by Gasteiger charge is -2.04. The van der Waals surface area contributed by atoms with Crippen molar-refractivity contribution in [1.82, 2.24) is 30.2 Å². The van der Waals surface area contributed by atoms with E-state index in [9.17, 15) is 0 Å². The van der Waals surface area contributed by atoms with Gasteiger partial charge in [0.15, 0.2) is 17.3 Å². The lowest BCUT2D eigenvalue weighted by Crippen LogP contribution is -2.13. The number of nitrogens with zero attached hydrogens (tertiary/aromatic N) is 6. The van der Waals surface area contributed by atoms with Crippen LogP contribution in [0.4, 0.5) is 5.82 Å². The molecule has 0 unspecified atom stereocenters. The van der Waals surface area contributed by atoms with E-state index < -0.39 is 0 Å². The predicted molar refractivity (Wildman–Crippen MR) is 53.3 cm³/mol. The second-order valence-electron chi connectivity index (χ2n) is 2.65. The molecular weight excluding hydrogens is 218 g/mol. The number of anilines is 1. The van der Waals surface area contributed by atoms with Crippen LogP contribution in [-0.2, 0) is 6.54 Å². The number of halogens is 1. The van der Waals surface area contributed by atoms with Crippen molar-refractivity contribution in [2.24, 2.45) is 0 Å². The normalized spacial score (nSPS) is 10.2. The summed E-state index contributed by atoms with van der Waals surface area (Å²) in [6, 6.07) is 0. The number of tetrazole rings is 1. The summed E-state index contributed by atoms with van der Waals surface area (Å²) in [5, 5.41) is 14.5. The summed E-state index contributed by atoms with van der Waals surface area (Å²) in [5.41, 5.74) is 0. The zero-order valence-corrected chi connectivity index (χ0v) is 8.46. The molecule has 0 aliphatic carbocycles. The highest BCUT2D eigenvalue weighted by Crippen LogP contribution is 2.13. The van der Waals surface area contributed by atoms with E-state index in [4.69, 9.17) is 11.6 Å². The lowest BCUT2D eigenvalue weighted by atomic mass is 10.6. The minimum Gasteiger partial charge on any atom is -0.366 e. The van der Waals surface area contributed by atoms with Gasteiger partial charge in [-0.3, -0.25) is 0 Å². The first-order valence-corrected chi connectivity index (χ1v) is 4.65. The maximum atomic E-state index is 5.80. The fourth-order valence-corrected chi connectivity index (χ4v) is 1.18. The molecule has 15 heavy (non-hydrogen) atoms. The van der Waals surface area contributed by atoms with Crippen LogP contribution in [0.1, 0.15) is 0 Å². The summed E-state index contributed by atoms with van der Waals surface area (Å²) < 4.78 is 0. The van der Waals surface area contributed by atoms with E-state index in [1.165, 1.54) is 17.3 Å².